The van der Waals surface area contributed by atoms with Gasteiger partial charge in [-0.1, -0.05) is 19.8 Å². The molecule has 1 aliphatic heterocycles. The van der Waals surface area contributed by atoms with E-state index in [1.54, 1.807) is 0 Å². The minimum atomic E-state index is -0.900. The van der Waals surface area contributed by atoms with Crippen LogP contribution in [0.5, 0.6) is 0 Å². The third kappa shape index (κ3) is 3.12. The summed E-state index contributed by atoms with van der Waals surface area (Å²) in [6, 6.07) is 4.77. The van der Waals surface area contributed by atoms with Crippen LogP contribution in [0.2, 0.25) is 0 Å². The van der Waals surface area contributed by atoms with Gasteiger partial charge in [0, 0.05) is 17.8 Å². The summed E-state index contributed by atoms with van der Waals surface area (Å²) in [5.74, 6) is -0.869. The van der Waals surface area contributed by atoms with E-state index in [2.05, 4.69) is 10.6 Å². The number of amides is 4. The van der Waals surface area contributed by atoms with Gasteiger partial charge >= 0.3 is 6.03 Å². The molecule has 1 aromatic rings. The molecule has 1 saturated heterocycles. The van der Waals surface area contributed by atoms with Crippen LogP contribution in [0.4, 0.5) is 16.2 Å². The third-order valence-corrected chi connectivity index (χ3v) is 5.17. The van der Waals surface area contributed by atoms with Crippen molar-refractivity contribution in [3.63, 3.8) is 0 Å². The predicted octanol–water partition coefficient (Wildman–Crippen LogP) is 2.03. The molecule has 26 heavy (non-hydrogen) atoms. The summed E-state index contributed by atoms with van der Waals surface area (Å²) in [6.45, 7) is 1.55. The Hall–Kier alpha value is -2.97. The molecule has 1 aromatic carbocycles. The summed E-state index contributed by atoms with van der Waals surface area (Å²) in [5, 5.41) is 16.0. The van der Waals surface area contributed by atoms with Crippen molar-refractivity contribution in [2.24, 2.45) is 5.92 Å². The molecule has 2 fully saturated rings. The number of carbonyl (C=O) groups is 3. The first kappa shape index (κ1) is 17.8. The minimum Gasteiger partial charge on any atom is -0.325 e. The summed E-state index contributed by atoms with van der Waals surface area (Å²) < 4.78 is 0. The molecule has 138 valence electrons. The van der Waals surface area contributed by atoms with Crippen molar-refractivity contribution in [1.82, 2.24) is 10.2 Å². The second-order valence-electron chi connectivity index (χ2n) is 6.79. The number of nitro groups is 1. The minimum absolute atomic E-state index is 0.0235. The average molecular weight is 360 g/mol. The van der Waals surface area contributed by atoms with Gasteiger partial charge in [-0.05, 0) is 30.9 Å². The highest BCUT2D eigenvalue weighted by molar-refractivity contribution is 6.10. The molecule has 3 rings (SSSR count). The van der Waals surface area contributed by atoms with E-state index < -0.39 is 28.9 Å². The molecule has 4 amide bonds. The van der Waals surface area contributed by atoms with E-state index in [0.29, 0.717) is 12.1 Å². The summed E-state index contributed by atoms with van der Waals surface area (Å²) in [7, 11) is 0. The molecular formula is C17H20N4O5. The SMILES string of the molecule is C[C@H]1CCCC[C@@]12NC(=O)N(CC(=O)Nc1ccc([N+](=O)[O-])cc1)C2=O. The van der Waals surface area contributed by atoms with Crippen LogP contribution in [-0.4, -0.2) is 39.8 Å². The highest BCUT2D eigenvalue weighted by Crippen LogP contribution is 2.38. The second-order valence-corrected chi connectivity index (χ2v) is 6.79. The molecule has 0 radical (unpaired) electrons. The molecule has 0 unspecified atom stereocenters. The van der Waals surface area contributed by atoms with Crippen LogP contribution in [0.1, 0.15) is 32.6 Å². The van der Waals surface area contributed by atoms with Crippen molar-refractivity contribution in [1.29, 1.82) is 0 Å². The number of non-ortho nitro benzene ring substituents is 1. The van der Waals surface area contributed by atoms with Gasteiger partial charge in [0.05, 0.1) is 4.92 Å². The lowest BCUT2D eigenvalue weighted by Gasteiger charge is -2.36. The van der Waals surface area contributed by atoms with Gasteiger partial charge in [0.1, 0.15) is 12.1 Å². The van der Waals surface area contributed by atoms with Crippen molar-refractivity contribution >= 4 is 29.2 Å². The third-order valence-electron chi connectivity index (χ3n) is 5.17. The maximum Gasteiger partial charge on any atom is 0.325 e. The predicted molar refractivity (Wildman–Crippen MR) is 92.3 cm³/mol. The number of benzene rings is 1. The zero-order chi connectivity index (χ0) is 18.9. The van der Waals surface area contributed by atoms with Gasteiger partial charge in [0.25, 0.3) is 11.6 Å². The Bertz CT molecular complexity index is 763. The maximum absolute atomic E-state index is 12.8. The molecule has 1 spiro atoms. The van der Waals surface area contributed by atoms with Crippen molar-refractivity contribution in [2.45, 2.75) is 38.1 Å². The van der Waals surface area contributed by atoms with Crippen molar-refractivity contribution in [3.05, 3.63) is 34.4 Å². The van der Waals surface area contributed by atoms with Gasteiger partial charge in [-0.15, -0.1) is 0 Å². The molecule has 2 atom stereocenters. The van der Waals surface area contributed by atoms with Crippen LogP contribution >= 0.6 is 0 Å². The molecule has 9 heteroatoms. The number of rotatable bonds is 4. The molecule has 0 bridgehead atoms. The van der Waals surface area contributed by atoms with Gasteiger partial charge in [0.15, 0.2) is 0 Å². The molecular weight excluding hydrogens is 340 g/mol. The van der Waals surface area contributed by atoms with E-state index in [1.807, 2.05) is 6.92 Å². The molecule has 1 saturated carbocycles. The maximum atomic E-state index is 12.8. The largest absolute Gasteiger partial charge is 0.325 e. The fourth-order valence-corrected chi connectivity index (χ4v) is 3.65. The fourth-order valence-electron chi connectivity index (χ4n) is 3.65. The lowest BCUT2D eigenvalue weighted by Crippen LogP contribution is -2.54. The van der Waals surface area contributed by atoms with E-state index in [0.717, 1.165) is 24.2 Å². The number of nitrogens with zero attached hydrogens (tertiary/aromatic N) is 2. The number of nitro benzene ring substituents is 1. The van der Waals surface area contributed by atoms with Gasteiger partial charge < -0.3 is 10.6 Å². The Morgan fingerprint density at radius 2 is 2.04 bits per heavy atom. The first-order valence-corrected chi connectivity index (χ1v) is 8.52. The highest BCUT2D eigenvalue weighted by atomic mass is 16.6. The highest BCUT2D eigenvalue weighted by Gasteiger charge is 2.55. The smallest absolute Gasteiger partial charge is 0.325 e. The number of imide groups is 1. The fraction of sp³-hybridized carbons (Fsp3) is 0.471. The number of urea groups is 1. The zero-order valence-corrected chi connectivity index (χ0v) is 14.4. The van der Waals surface area contributed by atoms with Crippen LogP contribution in [0.15, 0.2) is 24.3 Å². The van der Waals surface area contributed by atoms with E-state index >= 15 is 0 Å². The monoisotopic (exact) mass is 360 g/mol. The number of carbonyl (C=O) groups excluding carboxylic acids is 3. The lowest BCUT2D eigenvalue weighted by molar-refractivity contribution is -0.384. The van der Waals surface area contributed by atoms with Crippen LogP contribution in [-0.2, 0) is 9.59 Å². The Balaban J connectivity index is 1.66. The van der Waals surface area contributed by atoms with E-state index in [1.165, 1.54) is 24.3 Å². The van der Waals surface area contributed by atoms with Crippen molar-refractivity contribution < 1.29 is 19.3 Å². The summed E-state index contributed by atoms with van der Waals surface area (Å²) in [5.41, 5.74) is -0.637. The van der Waals surface area contributed by atoms with Crippen molar-refractivity contribution in [3.8, 4) is 0 Å². The standard InChI is InChI=1S/C17H20N4O5/c1-11-4-2-3-9-17(11)15(23)20(16(24)19-17)10-14(22)18-12-5-7-13(8-6-12)21(25)26/h5-8,11H,2-4,9-10H2,1H3,(H,18,22)(H,19,24)/t11-,17+/m0/s1. The quantitative estimate of drug-likeness (QED) is 0.483. The van der Waals surface area contributed by atoms with Crippen LogP contribution in [0.25, 0.3) is 0 Å². The average Bonchev–Trinajstić information content (AvgIpc) is 2.83. The molecule has 2 N–H and O–H groups in total. The molecule has 1 aliphatic carbocycles. The summed E-state index contributed by atoms with van der Waals surface area (Å²) in [6.07, 6.45) is 3.32. The molecule has 9 nitrogen and oxygen atoms in total. The first-order valence-electron chi connectivity index (χ1n) is 8.52. The van der Waals surface area contributed by atoms with Gasteiger partial charge in [-0.2, -0.15) is 0 Å². The second kappa shape index (κ2) is 6.74. The Labute approximate surface area is 149 Å². The molecule has 1 heterocycles. The first-order chi connectivity index (χ1) is 12.3. The summed E-state index contributed by atoms with van der Waals surface area (Å²) in [4.78, 5) is 48.3. The topological polar surface area (TPSA) is 122 Å². The number of hydrogen-bond acceptors (Lipinski definition) is 5. The summed E-state index contributed by atoms with van der Waals surface area (Å²) >= 11 is 0. The lowest BCUT2D eigenvalue weighted by atomic mass is 9.73. The van der Waals surface area contributed by atoms with Crippen LogP contribution < -0.4 is 10.6 Å². The zero-order valence-electron chi connectivity index (χ0n) is 14.4. The van der Waals surface area contributed by atoms with Crippen LogP contribution in [0, 0.1) is 16.0 Å². The van der Waals surface area contributed by atoms with Gasteiger partial charge in [-0.25, -0.2) is 4.79 Å². The Morgan fingerprint density at radius 3 is 2.65 bits per heavy atom. The van der Waals surface area contributed by atoms with Gasteiger partial charge in [-0.3, -0.25) is 24.6 Å². The van der Waals surface area contributed by atoms with E-state index in [4.69, 9.17) is 0 Å². The van der Waals surface area contributed by atoms with Crippen LogP contribution in [0.3, 0.4) is 0 Å². The molecule has 2 aliphatic rings. The van der Waals surface area contributed by atoms with Crippen molar-refractivity contribution in [2.75, 3.05) is 11.9 Å². The van der Waals surface area contributed by atoms with E-state index in [9.17, 15) is 24.5 Å². The number of nitrogens with one attached hydrogen (secondary N) is 2. The Morgan fingerprint density at radius 1 is 1.35 bits per heavy atom. The number of hydrogen-bond donors (Lipinski definition) is 2. The number of anilines is 1. The Kier molecular flexibility index (Phi) is 4.62. The normalized spacial score (nSPS) is 25.3. The van der Waals surface area contributed by atoms with Gasteiger partial charge in [0.2, 0.25) is 5.91 Å². The van der Waals surface area contributed by atoms with E-state index in [-0.39, 0.29) is 17.5 Å². The molecule has 0 aromatic heterocycles.